The first-order valence-corrected chi connectivity index (χ1v) is 6.19. The van der Waals surface area contributed by atoms with Crippen molar-refractivity contribution < 1.29 is 18.5 Å². The maximum atomic E-state index is 13.4. The van der Waals surface area contributed by atoms with Crippen LogP contribution in [0.4, 0.5) is 25.8 Å². The summed E-state index contributed by atoms with van der Waals surface area (Å²) in [5, 5.41) is 15.5. The van der Waals surface area contributed by atoms with E-state index in [1.807, 2.05) is 0 Å². The topological polar surface area (TPSA) is 84.3 Å². The van der Waals surface area contributed by atoms with Gasteiger partial charge in [-0.1, -0.05) is 0 Å². The van der Waals surface area contributed by atoms with Gasteiger partial charge in [0.25, 0.3) is 5.69 Å². The van der Waals surface area contributed by atoms with Crippen LogP contribution in [-0.4, -0.2) is 17.4 Å². The number of benzene rings is 2. The molecule has 0 aliphatic rings. The number of halogens is 2. The average molecular weight is 307 g/mol. The van der Waals surface area contributed by atoms with Crippen molar-refractivity contribution in [1.82, 2.24) is 0 Å². The predicted octanol–water partition coefficient (Wildman–Crippen LogP) is 2.92. The zero-order valence-corrected chi connectivity index (χ0v) is 11.2. The molecule has 0 aliphatic heterocycles. The fraction of sp³-hybridized carbons (Fsp3) is 0.0714. The van der Waals surface area contributed by atoms with Gasteiger partial charge in [-0.15, -0.1) is 0 Å². The molecule has 0 fully saturated rings. The predicted molar refractivity (Wildman–Crippen MR) is 76.6 cm³/mol. The molecule has 0 saturated heterocycles. The molecule has 0 atom stereocenters. The SMILES string of the molecule is O=C(CNc1ccc([N+](=O)[O-])cc1)Nc1ccc(F)cc1F. The average Bonchev–Trinajstić information content (AvgIpc) is 2.48. The van der Waals surface area contributed by atoms with Crippen molar-refractivity contribution in [1.29, 1.82) is 0 Å². The van der Waals surface area contributed by atoms with Crippen LogP contribution in [0.3, 0.4) is 0 Å². The van der Waals surface area contributed by atoms with Crippen LogP contribution in [0.1, 0.15) is 0 Å². The van der Waals surface area contributed by atoms with Crippen LogP contribution in [0.25, 0.3) is 0 Å². The number of amides is 1. The summed E-state index contributed by atoms with van der Waals surface area (Å²) in [5.74, 6) is -2.15. The Labute approximate surface area is 123 Å². The highest BCUT2D eigenvalue weighted by Crippen LogP contribution is 2.16. The molecule has 22 heavy (non-hydrogen) atoms. The van der Waals surface area contributed by atoms with Gasteiger partial charge >= 0.3 is 0 Å². The molecule has 6 nitrogen and oxygen atoms in total. The van der Waals surface area contributed by atoms with E-state index in [4.69, 9.17) is 0 Å². The third-order valence-corrected chi connectivity index (χ3v) is 2.74. The van der Waals surface area contributed by atoms with Gasteiger partial charge < -0.3 is 10.6 Å². The minimum Gasteiger partial charge on any atom is -0.376 e. The zero-order chi connectivity index (χ0) is 16.1. The summed E-state index contributed by atoms with van der Waals surface area (Å²) < 4.78 is 26.1. The number of hydrogen-bond donors (Lipinski definition) is 2. The van der Waals surface area contributed by atoms with Gasteiger partial charge in [0.15, 0.2) is 0 Å². The van der Waals surface area contributed by atoms with Crippen molar-refractivity contribution in [3.05, 3.63) is 64.2 Å². The van der Waals surface area contributed by atoms with E-state index >= 15 is 0 Å². The summed E-state index contributed by atoms with van der Waals surface area (Å²) >= 11 is 0. The Morgan fingerprint density at radius 1 is 1.14 bits per heavy atom. The molecule has 2 N–H and O–H groups in total. The van der Waals surface area contributed by atoms with Gasteiger partial charge in [-0.25, -0.2) is 8.78 Å². The maximum Gasteiger partial charge on any atom is 0.269 e. The molecule has 1 amide bonds. The maximum absolute atomic E-state index is 13.4. The van der Waals surface area contributed by atoms with Crippen molar-refractivity contribution >= 4 is 23.0 Å². The van der Waals surface area contributed by atoms with Crippen molar-refractivity contribution in [3.63, 3.8) is 0 Å². The molecule has 0 aliphatic carbocycles. The fourth-order valence-electron chi connectivity index (χ4n) is 1.67. The third kappa shape index (κ3) is 3.98. The molecule has 2 aromatic carbocycles. The van der Waals surface area contributed by atoms with E-state index in [2.05, 4.69) is 10.6 Å². The van der Waals surface area contributed by atoms with Crippen LogP contribution < -0.4 is 10.6 Å². The molecule has 0 unspecified atom stereocenters. The van der Waals surface area contributed by atoms with Crippen LogP contribution in [0.15, 0.2) is 42.5 Å². The largest absolute Gasteiger partial charge is 0.376 e. The summed E-state index contributed by atoms with van der Waals surface area (Å²) in [7, 11) is 0. The van der Waals surface area contributed by atoms with Gasteiger partial charge in [0, 0.05) is 23.9 Å². The molecule has 0 heterocycles. The Bertz CT molecular complexity index is 705. The van der Waals surface area contributed by atoms with Gasteiger partial charge in [0.1, 0.15) is 11.6 Å². The molecule has 8 heteroatoms. The number of nitro groups is 1. The Morgan fingerprint density at radius 2 is 1.82 bits per heavy atom. The number of carbonyl (C=O) groups excluding carboxylic acids is 1. The molecule has 2 rings (SSSR count). The number of nitrogens with zero attached hydrogens (tertiary/aromatic N) is 1. The van der Waals surface area contributed by atoms with E-state index in [0.29, 0.717) is 11.8 Å². The number of nitrogens with one attached hydrogen (secondary N) is 2. The Balaban J connectivity index is 1.91. The van der Waals surface area contributed by atoms with Gasteiger partial charge in [-0.2, -0.15) is 0 Å². The van der Waals surface area contributed by atoms with Crippen molar-refractivity contribution in [2.45, 2.75) is 0 Å². The van der Waals surface area contributed by atoms with Crippen molar-refractivity contribution in [2.75, 3.05) is 17.2 Å². The van der Waals surface area contributed by atoms with Crippen LogP contribution in [-0.2, 0) is 4.79 Å². The summed E-state index contributed by atoms with van der Waals surface area (Å²) in [6.45, 7) is -0.172. The monoisotopic (exact) mass is 307 g/mol. The van der Waals surface area contributed by atoms with Crippen LogP contribution in [0.5, 0.6) is 0 Å². The molecule has 114 valence electrons. The quantitative estimate of drug-likeness (QED) is 0.657. The highest BCUT2D eigenvalue weighted by atomic mass is 19.1. The van der Waals surface area contributed by atoms with E-state index in [1.165, 1.54) is 24.3 Å². The first-order chi connectivity index (χ1) is 10.5. The fourth-order valence-corrected chi connectivity index (χ4v) is 1.67. The number of rotatable bonds is 5. The zero-order valence-electron chi connectivity index (χ0n) is 11.2. The molecule has 0 radical (unpaired) electrons. The lowest BCUT2D eigenvalue weighted by atomic mass is 10.2. The highest BCUT2D eigenvalue weighted by Gasteiger charge is 2.08. The van der Waals surface area contributed by atoms with Gasteiger partial charge in [-0.3, -0.25) is 14.9 Å². The van der Waals surface area contributed by atoms with E-state index in [9.17, 15) is 23.7 Å². The van der Waals surface area contributed by atoms with Crippen molar-refractivity contribution in [2.24, 2.45) is 0 Å². The van der Waals surface area contributed by atoms with Crippen LogP contribution >= 0.6 is 0 Å². The Kier molecular flexibility index (Phi) is 4.62. The minimum absolute atomic E-state index is 0.0663. The third-order valence-electron chi connectivity index (χ3n) is 2.74. The van der Waals surface area contributed by atoms with Crippen LogP contribution in [0, 0.1) is 21.7 Å². The number of nitro benzene ring substituents is 1. The lowest BCUT2D eigenvalue weighted by molar-refractivity contribution is -0.384. The summed E-state index contributed by atoms with van der Waals surface area (Å²) in [6.07, 6.45) is 0. The van der Waals surface area contributed by atoms with Gasteiger partial charge in [0.2, 0.25) is 5.91 Å². The minimum atomic E-state index is -0.872. The molecular weight excluding hydrogens is 296 g/mol. The number of hydrogen-bond acceptors (Lipinski definition) is 4. The smallest absolute Gasteiger partial charge is 0.269 e. The Hall–Kier alpha value is -3.03. The number of anilines is 2. The molecule has 0 saturated carbocycles. The second-order valence-electron chi connectivity index (χ2n) is 4.33. The summed E-state index contributed by atoms with van der Waals surface area (Å²) in [5.41, 5.74) is 0.306. The second kappa shape index (κ2) is 6.61. The second-order valence-corrected chi connectivity index (χ2v) is 4.33. The van der Waals surface area contributed by atoms with Crippen LogP contribution in [0.2, 0.25) is 0 Å². The molecule has 2 aromatic rings. The van der Waals surface area contributed by atoms with E-state index < -0.39 is 22.5 Å². The number of carbonyl (C=O) groups is 1. The van der Waals surface area contributed by atoms with Gasteiger partial charge in [-0.05, 0) is 24.3 Å². The molecule has 0 spiro atoms. The Morgan fingerprint density at radius 3 is 2.41 bits per heavy atom. The summed E-state index contributed by atoms with van der Waals surface area (Å²) in [6, 6.07) is 8.30. The van der Waals surface area contributed by atoms with Crippen molar-refractivity contribution in [3.8, 4) is 0 Å². The van der Waals surface area contributed by atoms with Gasteiger partial charge in [0.05, 0.1) is 17.2 Å². The normalized spacial score (nSPS) is 10.1. The lowest BCUT2D eigenvalue weighted by Crippen LogP contribution is -2.22. The lowest BCUT2D eigenvalue weighted by Gasteiger charge is -2.08. The van der Waals surface area contributed by atoms with E-state index in [1.54, 1.807) is 0 Å². The molecular formula is C14H11F2N3O3. The van der Waals surface area contributed by atoms with E-state index in [-0.39, 0.29) is 17.9 Å². The summed E-state index contributed by atoms with van der Waals surface area (Å²) in [4.78, 5) is 21.6. The first kappa shape index (κ1) is 15.4. The molecule has 0 aromatic heterocycles. The number of non-ortho nitro benzene ring substituents is 1. The van der Waals surface area contributed by atoms with E-state index in [0.717, 1.165) is 12.1 Å². The highest BCUT2D eigenvalue weighted by molar-refractivity contribution is 5.93. The first-order valence-electron chi connectivity index (χ1n) is 6.19. The molecule has 0 bridgehead atoms. The standard InChI is InChI=1S/C14H11F2N3O3/c15-9-1-6-13(12(16)7-9)18-14(20)8-17-10-2-4-11(5-3-10)19(21)22/h1-7,17H,8H2,(H,18,20).